The Labute approximate surface area is 157 Å². The second-order valence-corrected chi connectivity index (χ2v) is 7.97. The molecule has 2 heterocycles. The van der Waals surface area contributed by atoms with E-state index in [0.717, 1.165) is 18.1 Å². The number of hydrogen-bond donors (Lipinski definition) is 1. The Balaban J connectivity index is 0.00000182. The van der Waals surface area contributed by atoms with Crippen molar-refractivity contribution in [3.8, 4) is 0 Å². The third-order valence-electron chi connectivity index (χ3n) is 6.18. The van der Waals surface area contributed by atoms with Crippen molar-refractivity contribution in [3.63, 3.8) is 0 Å². The number of ether oxygens (including phenoxy) is 1. The molecule has 138 valence electrons. The number of benzene rings is 1. The lowest BCUT2D eigenvalue weighted by Crippen LogP contribution is -2.46. The molecule has 4 rings (SSSR count). The summed E-state index contributed by atoms with van der Waals surface area (Å²) in [6, 6.07) is 7.05. The van der Waals surface area contributed by atoms with Crippen LogP contribution in [0, 0.1) is 11.8 Å². The van der Waals surface area contributed by atoms with E-state index in [0.29, 0.717) is 18.4 Å². The second-order valence-electron chi connectivity index (χ2n) is 7.97. The highest BCUT2D eigenvalue weighted by molar-refractivity contribution is 5.85. The summed E-state index contributed by atoms with van der Waals surface area (Å²) < 4.78 is 6.26. The highest BCUT2D eigenvalue weighted by Crippen LogP contribution is 2.47. The Kier molecular flexibility index (Phi) is 6.06. The van der Waals surface area contributed by atoms with Crippen LogP contribution in [0.2, 0.25) is 0 Å². The standard InChI is InChI=1S/C21H29NO2.ClH/c1-14(23)12-15-9-10-19-18(13-15)21-17(8-5-11-24-21)20(22-19)16-6-3-2-4-7-16;/h9-10,13,16-17,20-22H,2-8,11-12H2,1H3;1H/t17-,20+,21-;/m0./s1. The van der Waals surface area contributed by atoms with E-state index < -0.39 is 0 Å². The number of fused-ring (bicyclic) bond motifs is 3. The largest absolute Gasteiger partial charge is 0.381 e. The second kappa shape index (κ2) is 8.09. The van der Waals surface area contributed by atoms with Crippen molar-refractivity contribution in [3.05, 3.63) is 29.3 Å². The predicted molar refractivity (Wildman–Crippen MR) is 103 cm³/mol. The van der Waals surface area contributed by atoms with Gasteiger partial charge in [0.1, 0.15) is 5.78 Å². The maximum Gasteiger partial charge on any atom is 0.134 e. The van der Waals surface area contributed by atoms with Gasteiger partial charge in [0, 0.05) is 36.2 Å². The average molecular weight is 364 g/mol. The zero-order valence-corrected chi connectivity index (χ0v) is 15.9. The molecule has 1 aromatic carbocycles. The Hall–Kier alpha value is -1.06. The average Bonchev–Trinajstić information content (AvgIpc) is 2.61. The van der Waals surface area contributed by atoms with Gasteiger partial charge in [0.25, 0.3) is 0 Å². The van der Waals surface area contributed by atoms with E-state index in [4.69, 9.17) is 4.74 Å². The van der Waals surface area contributed by atoms with Crippen LogP contribution in [-0.2, 0) is 16.0 Å². The Morgan fingerprint density at radius 1 is 1.16 bits per heavy atom. The molecule has 1 saturated carbocycles. The molecular weight excluding hydrogens is 334 g/mol. The zero-order valence-electron chi connectivity index (χ0n) is 15.1. The summed E-state index contributed by atoms with van der Waals surface area (Å²) in [4.78, 5) is 11.5. The molecule has 0 radical (unpaired) electrons. The van der Waals surface area contributed by atoms with Crippen molar-refractivity contribution in [2.45, 2.75) is 70.4 Å². The van der Waals surface area contributed by atoms with Crippen molar-refractivity contribution in [2.75, 3.05) is 11.9 Å². The quantitative estimate of drug-likeness (QED) is 0.813. The molecule has 0 amide bonds. The maximum atomic E-state index is 11.5. The van der Waals surface area contributed by atoms with Crippen LogP contribution < -0.4 is 5.32 Å². The monoisotopic (exact) mass is 363 g/mol. The van der Waals surface area contributed by atoms with E-state index in [1.54, 1.807) is 6.92 Å². The van der Waals surface area contributed by atoms with E-state index in [-0.39, 0.29) is 24.3 Å². The first-order chi connectivity index (χ1) is 11.7. The molecule has 3 atom stereocenters. The molecular formula is C21H30ClNO2. The molecule has 0 unspecified atom stereocenters. The van der Waals surface area contributed by atoms with E-state index in [9.17, 15) is 4.79 Å². The van der Waals surface area contributed by atoms with Crippen LogP contribution in [0.1, 0.15) is 69.1 Å². The Morgan fingerprint density at radius 3 is 2.72 bits per heavy atom. The summed E-state index contributed by atoms with van der Waals surface area (Å²) in [6.45, 7) is 2.53. The van der Waals surface area contributed by atoms with Crippen molar-refractivity contribution in [1.29, 1.82) is 0 Å². The molecule has 4 heteroatoms. The van der Waals surface area contributed by atoms with Gasteiger partial charge in [0.2, 0.25) is 0 Å². The molecule has 2 aliphatic heterocycles. The molecule has 3 aliphatic rings. The lowest BCUT2D eigenvalue weighted by molar-refractivity contribution is -0.116. The number of nitrogens with one attached hydrogen (secondary N) is 1. The fourth-order valence-electron chi connectivity index (χ4n) is 5.12. The third kappa shape index (κ3) is 3.88. The number of carbonyl (C=O) groups excluding carboxylic acids is 1. The lowest BCUT2D eigenvalue weighted by Gasteiger charge is -2.47. The fourth-order valence-corrected chi connectivity index (χ4v) is 5.12. The SMILES string of the molecule is CC(=O)Cc1ccc2c(c1)[C@H]1OCCC[C@H]1[C@@H](C1CCCCC1)N2.Cl. The lowest BCUT2D eigenvalue weighted by atomic mass is 9.71. The maximum absolute atomic E-state index is 11.5. The molecule has 1 aromatic rings. The summed E-state index contributed by atoms with van der Waals surface area (Å²) >= 11 is 0. The van der Waals surface area contributed by atoms with Gasteiger partial charge in [-0.2, -0.15) is 0 Å². The van der Waals surface area contributed by atoms with Crippen LogP contribution in [0.5, 0.6) is 0 Å². The normalized spacial score (nSPS) is 28.9. The minimum atomic E-state index is 0. The topological polar surface area (TPSA) is 38.3 Å². The van der Waals surface area contributed by atoms with Crippen LogP contribution in [0.3, 0.4) is 0 Å². The number of Topliss-reactive ketones (excluding diaryl/α,β-unsaturated/α-hetero) is 1. The molecule has 25 heavy (non-hydrogen) atoms. The van der Waals surface area contributed by atoms with Gasteiger partial charge in [-0.3, -0.25) is 4.79 Å². The van der Waals surface area contributed by atoms with Gasteiger partial charge < -0.3 is 10.1 Å². The van der Waals surface area contributed by atoms with E-state index in [2.05, 4.69) is 23.5 Å². The minimum absolute atomic E-state index is 0. The van der Waals surface area contributed by atoms with Gasteiger partial charge in [-0.1, -0.05) is 31.4 Å². The number of halogens is 1. The van der Waals surface area contributed by atoms with Crippen molar-refractivity contribution in [2.24, 2.45) is 11.8 Å². The van der Waals surface area contributed by atoms with Crippen LogP contribution in [0.4, 0.5) is 5.69 Å². The third-order valence-corrected chi connectivity index (χ3v) is 6.18. The zero-order chi connectivity index (χ0) is 16.5. The van der Waals surface area contributed by atoms with E-state index in [1.165, 1.54) is 56.2 Å². The smallest absolute Gasteiger partial charge is 0.134 e. The van der Waals surface area contributed by atoms with Crippen molar-refractivity contribution < 1.29 is 9.53 Å². The van der Waals surface area contributed by atoms with Gasteiger partial charge in [-0.05, 0) is 50.2 Å². The van der Waals surface area contributed by atoms with Crippen molar-refractivity contribution in [1.82, 2.24) is 0 Å². The van der Waals surface area contributed by atoms with Gasteiger partial charge in [-0.15, -0.1) is 12.4 Å². The highest BCUT2D eigenvalue weighted by atomic mass is 35.5. The fraction of sp³-hybridized carbons (Fsp3) is 0.667. The molecule has 3 nitrogen and oxygen atoms in total. The van der Waals surface area contributed by atoms with E-state index in [1.807, 2.05) is 0 Å². The summed E-state index contributed by atoms with van der Waals surface area (Å²) in [7, 11) is 0. The molecule has 0 aromatic heterocycles. The van der Waals surface area contributed by atoms with Gasteiger partial charge in [-0.25, -0.2) is 0 Å². The molecule has 0 bridgehead atoms. The summed E-state index contributed by atoms with van der Waals surface area (Å²) in [5.41, 5.74) is 3.64. The first-order valence-electron chi connectivity index (χ1n) is 9.73. The first kappa shape index (κ1) is 18.7. The number of ketones is 1. The van der Waals surface area contributed by atoms with E-state index >= 15 is 0 Å². The van der Waals surface area contributed by atoms with Crippen LogP contribution in [0.15, 0.2) is 18.2 Å². The predicted octanol–water partition coefficient (Wildman–Crippen LogP) is 5.08. The first-order valence-corrected chi connectivity index (χ1v) is 9.73. The number of hydrogen-bond acceptors (Lipinski definition) is 3. The van der Waals surface area contributed by atoms with Crippen LogP contribution >= 0.6 is 12.4 Å². The summed E-state index contributed by atoms with van der Waals surface area (Å²) in [6.07, 6.45) is 10.1. The molecule has 1 aliphatic carbocycles. The number of anilines is 1. The molecule has 1 N–H and O–H groups in total. The Morgan fingerprint density at radius 2 is 1.96 bits per heavy atom. The molecule has 1 saturated heterocycles. The number of carbonyl (C=O) groups is 1. The van der Waals surface area contributed by atoms with Crippen LogP contribution in [0.25, 0.3) is 0 Å². The summed E-state index contributed by atoms with van der Waals surface area (Å²) in [5, 5.41) is 3.88. The number of rotatable bonds is 3. The van der Waals surface area contributed by atoms with Gasteiger partial charge in [0.15, 0.2) is 0 Å². The molecule has 2 fully saturated rings. The molecule has 0 spiro atoms. The van der Waals surface area contributed by atoms with Crippen molar-refractivity contribution >= 4 is 23.9 Å². The highest BCUT2D eigenvalue weighted by Gasteiger charge is 2.42. The Bertz CT molecular complexity index is 612. The van der Waals surface area contributed by atoms with Gasteiger partial charge >= 0.3 is 0 Å². The van der Waals surface area contributed by atoms with Crippen LogP contribution in [-0.4, -0.2) is 18.4 Å². The minimum Gasteiger partial charge on any atom is -0.381 e. The van der Waals surface area contributed by atoms with Gasteiger partial charge in [0.05, 0.1) is 6.10 Å². The summed E-state index contributed by atoms with van der Waals surface area (Å²) in [5.74, 6) is 1.60.